The number of unbranched alkanes of at least 4 members (excludes halogenated alkanes) is 1. The van der Waals surface area contributed by atoms with Crippen LogP contribution in [0.2, 0.25) is 0 Å². The number of carbonyl (C=O) groups excluding carboxylic acids is 1. The van der Waals surface area contributed by atoms with E-state index in [1.54, 1.807) is 0 Å². The summed E-state index contributed by atoms with van der Waals surface area (Å²) in [4.78, 5) is 46.1. The van der Waals surface area contributed by atoms with E-state index in [0.29, 0.717) is 35.6 Å². The second kappa shape index (κ2) is 9.39. The van der Waals surface area contributed by atoms with Gasteiger partial charge < -0.3 is 10.3 Å². The van der Waals surface area contributed by atoms with Crippen LogP contribution in [-0.4, -0.2) is 25.4 Å². The zero-order chi connectivity index (χ0) is 21.7. The van der Waals surface area contributed by atoms with Gasteiger partial charge in [-0.15, -0.1) is 0 Å². The lowest BCUT2D eigenvalue weighted by Gasteiger charge is -2.14. The lowest BCUT2D eigenvalue weighted by molar-refractivity contribution is -0.114. The number of allylic oxidation sites excluding steroid dienone is 2. The molecule has 158 valence electrons. The summed E-state index contributed by atoms with van der Waals surface area (Å²) in [5, 5.41) is 2.76. The Bertz CT molecular complexity index is 1170. The molecule has 0 aliphatic carbocycles. The van der Waals surface area contributed by atoms with Gasteiger partial charge in [0.1, 0.15) is 11.3 Å². The van der Waals surface area contributed by atoms with E-state index in [1.807, 2.05) is 50.3 Å². The smallest absolute Gasteiger partial charge is 0.330 e. The van der Waals surface area contributed by atoms with Crippen LogP contribution < -0.4 is 16.6 Å². The van der Waals surface area contributed by atoms with Gasteiger partial charge >= 0.3 is 5.69 Å². The van der Waals surface area contributed by atoms with Crippen molar-refractivity contribution in [2.45, 2.75) is 52.5 Å². The fourth-order valence-corrected chi connectivity index (χ4v) is 3.43. The number of aromatic nitrogens is 4. The monoisotopic (exact) mass is 409 g/mol. The minimum Gasteiger partial charge on any atom is -0.336 e. The number of hydrogen-bond donors (Lipinski definition) is 3. The molecule has 0 aliphatic heterocycles. The van der Waals surface area contributed by atoms with Gasteiger partial charge in [-0.2, -0.15) is 0 Å². The number of benzene rings is 1. The summed E-state index contributed by atoms with van der Waals surface area (Å²) >= 11 is 0. The van der Waals surface area contributed by atoms with Crippen molar-refractivity contribution >= 4 is 22.8 Å². The highest BCUT2D eigenvalue weighted by Gasteiger charge is 2.20. The highest BCUT2D eigenvalue weighted by atomic mass is 16.2. The van der Waals surface area contributed by atoms with Gasteiger partial charge in [-0.05, 0) is 37.5 Å². The van der Waals surface area contributed by atoms with Crippen molar-refractivity contribution in [3.8, 4) is 0 Å². The molecule has 1 aromatic carbocycles. The van der Waals surface area contributed by atoms with Crippen LogP contribution in [0.4, 0.5) is 5.69 Å². The Kier molecular flexibility index (Phi) is 6.66. The number of nitrogens with zero attached hydrogens (tertiary/aromatic N) is 2. The van der Waals surface area contributed by atoms with Crippen LogP contribution in [-0.2, 0) is 11.3 Å². The fraction of sp³-hybridized carbons (Fsp3) is 0.364. The third-order valence-electron chi connectivity index (χ3n) is 4.96. The third-order valence-corrected chi connectivity index (χ3v) is 4.96. The molecule has 0 spiro atoms. The first kappa shape index (κ1) is 21.3. The van der Waals surface area contributed by atoms with Crippen LogP contribution in [0, 0.1) is 0 Å². The van der Waals surface area contributed by atoms with Crippen molar-refractivity contribution < 1.29 is 4.79 Å². The molecule has 3 aromatic rings. The van der Waals surface area contributed by atoms with Gasteiger partial charge in [-0.3, -0.25) is 19.1 Å². The van der Waals surface area contributed by atoms with E-state index in [-0.39, 0.29) is 11.8 Å². The van der Waals surface area contributed by atoms with Gasteiger partial charge in [0.05, 0.1) is 0 Å². The average Bonchev–Trinajstić information content (AvgIpc) is 3.14. The zero-order valence-corrected chi connectivity index (χ0v) is 17.5. The fourth-order valence-electron chi connectivity index (χ4n) is 3.43. The van der Waals surface area contributed by atoms with Crippen LogP contribution in [0.3, 0.4) is 0 Å². The summed E-state index contributed by atoms with van der Waals surface area (Å²) in [7, 11) is 0. The molecule has 8 heteroatoms. The molecule has 0 bridgehead atoms. The Balaban J connectivity index is 2.08. The molecule has 0 fully saturated rings. The van der Waals surface area contributed by atoms with Gasteiger partial charge in [-0.25, -0.2) is 9.78 Å². The van der Waals surface area contributed by atoms with Crippen LogP contribution in [0.15, 0.2) is 46.0 Å². The summed E-state index contributed by atoms with van der Waals surface area (Å²) in [6.07, 6.45) is 6.41. The van der Waals surface area contributed by atoms with E-state index in [0.717, 1.165) is 18.4 Å². The minimum absolute atomic E-state index is 0.130. The van der Waals surface area contributed by atoms with Crippen molar-refractivity contribution in [2.75, 3.05) is 5.32 Å². The van der Waals surface area contributed by atoms with E-state index in [2.05, 4.69) is 20.3 Å². The number of rotatable bonds is 8. The first-order chi connectivity index (χ1) is 14.4. The van der Waals surface area contributed by atoms with Gasteiger partial charge in [-0.1, -0.05) is 37.6 Å². The van der Waals surface area contributed by atoms with Crippen molar-refractivity contribution in [3.63, 3.8) is 0 Å². The number of amides is 1. The quantitative estimate of drug-likeness (QED) is 0.496. The zero-order valence-electron chi connectivity index (χ0n) is 17.5. The molecule has 30 heavy (non-hydrogen) atoms. The van der Waals surface area contributed by atoms with Crippen LogP contribution in [0.1, 0.15) is 57.3 Å². The minimum atomic E-state index is -0.465. The number of aromatic amines is 2. The molecular weight excluding hydrogens is 382 g/mol. The summed E-state index contributed by atoms with van der Waals surface area (Å²) in [5.41, 5.74) is 1.48. The van der Waals surface area contributed by atoms with Crippen LogP contribution in [0.5, 0.6) is 0 Å². The van der Waals surface area contributed by atoms with E-state index in [4.69, 9.17) is 0 Å². The van der Waals surface area contributed by atoms with Crippen molar-refractivity contribution in [2.24, 2.45) is 0 Å². The molecule has 2 heterocycles. The van der Waals surface area contributed by atoms with Gasteiger partial charge in [0.25, 0.3) is 5.56 Å². The Morgan fingerprint density at radius 2 is 1.97 bits per heavy atom. The van der Waals surface area contributed by atoms with Crippen molar-refractivity contribution in [1.82, 2.24) is 19.5 Å². The molecule has 0 saturated heterocycles. The van der Waals surface area contributed by atoms with Gasteiger partial charge in [0.15, 0.2) is 5.65 Å². The molecular formula is C22H27N5O3. The summed E-state index contributed by atoms with van der Waals surface area (Å²) in [5.74, 6) is 0.362. The summed E-state index contributed by atoms with van der Waals surface area (Å²) in [6, 6.07) is 7.54. The second-order valence-corrected chi connectivity index (χ2v) is 7.25. The first-order valence-electron chi connectivity index (χ1n) is 10.2. The average molecular weight is 409 g/mol. The van der Waals surface area contributed by atoms with Gasteiger partial charge in [0.2, 0.25) is 5.91 Å². The Hall–Kier alpha value is -3.42. The molecule has 0 radical (unpaired) electrons. The third kappa shape index (κ3) is 4.59. The molecule has 8 nitrogen and oxygen atoms in total. The number of aryl methyl sites for hydroxylation is 1. The van der Waals surface area contributed by atoms with Crippen molar-refractivity contribution in [1.29, 1.82) is 0 Å². The lowest BCUT2D eigenvalue weighted by atomic mass is 9.94. The highest BCUT2D eigenvalue weighted by molar-refractivity contribution is 5.88. The van der Waals surface area contributed by atoms with Crippen LogP contribution >= 0.6 is 0 Å². The first-order valence-corrected chi connectivity index (χ1v) is 10.2. The predicted molar refractivity (Wildman–Crippen MR) is 118 cm³/mol. The summed E-state index contributed by atoms with van der Waals surface area (Å²) in [6.45, 7) is 5.95. The standard InChI is InChI=1S/C22H27N5O3/c1-4-6-8-17(15-9-11-16(12-10-15)23-14(3)28)19-24-18-20(25-19)27(13-7-5-2)22(30)26-21(18)29/h4,6,9-12,17H,5,7-8,13H2,1-3H3,(H,23,28)(H,24,25)(H,26,29,30). The predicted octanol–water partition coefficient (Wildman–Crippen LogP) is 3.27. The Labute approximate surface area is 174 Å². The number of hydrogen-bond acceptors (Lipinski definition) is 4. The van der Waals surface area contributed by atoms with Gasteiger partial charge in [0, 0.05) is 25.1 Å². The number of carbonyl (C=O) groups is 1. The summed E-state index contributed by atoms with van der Waals surface area (Å²) < 4.78 is 1.52. The maximum absolute atomic E-state index is 12.4. The molecule has 0 aliphatic rings. The van der Waals surface area contributed by atoms with Crippen LogP contribution in [0.25, 0.3) is 11.2 Å². The highest BCUT2D eigenvalue weighted by Crippen LogP contribution is 2.28. The Morgan fingerprint density at radius 1 is 1.23 bits per heavy atom. The molecule has 0 saturated carbocycles. The maximum atomic E-state index is 12.4. The normalized spacial score (nSPS) is 12.5. The molecule has 3 rings (SSSR count). The number of fused-ring (bicyclic) bond motifs is 1. The molecule has 1 unspecified atom stereocenters. The Morgan fingerprint density at radius 3 is 2.60 bits per heavy atom. The van der Waals surface area contributed by atoms with Crippen molar-refractivity contribution in [3.05, 3.63) is 68.6 Å². The molecule has 1 amide bonds. The number of imidazole rings is 1. The maximum Gasteiger partial charge on any atom is 0.330 e. The SMILES string of the molecule is CC=CCC(c1ccc(NC(C)=O)cc1)c1nc2c([nH]1)c(=O)[nH]c(=O)n2CCCC. The number of nitrogens with one attached hydrogen (secondary N) is 3. The molecule has 1 atom stereocenters. The van der Waals surface area contributed by atoms with E-state index < -0.39 is 11.2 Å². The largest absolute Gasteiger partial charge is 0.336 e. The lowest BCUT2D eigenvalue weighted by Crippen LogP contribution is -2.30. The topological polar surface area (TPSA) is 113 Å². The number of anilines is 1. The molecule has 2 aromatic heterocycles. The second-order valence-electron chi connectivity index (χ2n) is 7.25. The van der Waals surface area contributed by atoms with E-state index in [9.17, 15) is 14.4 Å². The van der Waals surface area contributed by atoms with E-state index >= 15 is 0 Å². The van der Waals surface area contributed by atoms with E-state index in [1.165, 1.54) is 11.5 Å². The number of H-pyrrole nitrogens is 2. The molecule has 3 N–H and O–H groups in total.